The van der Waals surface area contributed by atoms with Crippen molar-refractivity contribution < 1.29 is 23.8 Å². The van der Waals surface area contributed by atoms with Gasteiger partial charge in [-0.2, -0.15) is 0 Å². The lowest BCUT2D eigenvalue weighted by Crippen LogP contribution is -2.47. The van der Waals surface area contributed by atoms with E-state index in [2.05, 4.69) is 17.5 Å². The molecule has 2 atom stereocenters. The number of amides is 1. The summed E-state index contributed by atoms with van der Waals surface area (Å²) in [6, 6.07) is 8.41. The monoisotopic (exact) mass is 347 g/mol. The van der Waals surface area contributed by atoms with Gasteiger partial charge in [-0.25, -0.2) is 9.59 Å². The lowest BCUT2D eigenvalue weighted by atomic mass is 9.91. The SMILES string of the molecule is COC(=O)[C@H](COC1(C)CC=CCC1)NC(=O)OCc1ccccc1. The number of hydrogen-bond acceptors (Lipinski definition) is 5. The number of hydrogen-bond donors (Lipinski definition) is 1. The molecule has 0 saturated heterocycles. The van der Waals surface area contributed by atoms with Crippen LogP contribution in [0.1, 0.15) is 31.7 Å². The van der Waals surface area contributed by atoms with Gasteiger partial charge in [-0.1, -0.05) is 42.5 Å². The maximum Gasteiger partial charge on any atom is 0.408 e. The van der Waals surface area contributed by atoms with E-state index in [4.69, 9.17) is 14.2 Å². The summed E-state index contributed by atoms with van der Waals surface area (Å²) in [5.41, 5.74) is 0.529. The Morgan fingerprint density at radius 1 is 1.24 bits per heavy atom. The molecule has 1 aliphatic carbocycles. The molecule has 0 spiro atoms. The first-order valence-corrected chi connectivity index (χ1v) is 8.36. The molecule has 1 N–H and O–H groups in total. The highest BCUT2D eigenvalue weighted by molar-refractivity contribution is 5.81. The lowest BCUT2D eigenvalue weighted by molar-refractivity contribution is -0.147. The molecule has 0 bridgehead atoms. The van der Waals surface area contributed by atoms with Crippen molar-refractivity contribution in [2.45, 2.75) is 44.4 Å². The van der Waals surface area contributed by atoms with Crippen LogP contribution in [0.25, 0.3) is 0 Å². The summed E-state index contributed by atoms with van der Waals surface area (Å²) < 4.78 is 15.8. The zero-order chi connectivity index (χ0) is 18.1. The van der Waals surface area contributed by atoms with Crippen molar-refractivity contribution in [1.29, 1.82) is 0 Å². The van der Waals surface area contributed by atoms with E-state index in [1.807, 2.05) is 37.3 Å². The second-order valence-electron chi connectivity index (χ2n) is 6.26. The van der Waals surface area contributed by atoms with E-state index in [0.717, 1.165) is 24.8 Å². The molecule has 2 rings (SSSR count). The average Bonchev–Trinajstić information content (AvgIpc) is 2.64. The Balaban J connectivity index is 1.85. The van der Waals surface area contributed by atoms with Crippen molar-refractivity contribution in [1.82, 2.24) is 5.32 Å². The van der Waals surface area contributed by atoms with E-state index in [9.17, 15) is 9.59 Å². The van der Waals surface area contributed by atoms with Crippen LogP contribution < -0.4 is 5.32 Å². The van der Waals surface area contributed by atoms with Gasteiger partial charge in [0.25, 0.3) is 0 Å². The van der Waals surface area contributed by atoms with Crippen molar-refractivity contribution in [2.24, 2.45) is 0 Å². The van der Waals surface area contributed by atoms with Crippen LogP contribution in [-0.4, -0.2) is 37.4 Å². The number of benzene rings is 1. The van der Waals surface area contributed by atoms with Crippen LogP contribution in [0.2, 0.25) is 0 Å². The molecule has 0 heterocycles. The molecular formula is C19H25NO5. The van der Waals surface area contributed by atoms with Crippen molar-refractivity contribution in [3.63, 3.8) is 0 Å². The topological polar surface area (TPSA) is 73.9 Å². The van der Waals surface area contributed by atoms with Crippen LogP contribution in [-0.2, 0) is 25.6 Å². The smallest absolute Gasteiger partial charge is 0.408 e. The predicted molar refractivity (Wildman–Crippen MR) is 92.9 cm³/mol. The van der Waals surface area contributed by atoms with E-state index in [1.165, 1.54) is 7.11 Å². The second-order valence-corrected chi connectivity index (χ2v) is 6.26. The number of nitrogens with one attached hydrogen (secondary N) is 1. The molecule has 6 nitrogen and oxygen atoms in total. The molecule has 0 radical (unpaired) electrons. The summed E-state index contributed by atoms with van der Waals surface area (Å²) >= 11 is 0. The molecule has 0 aliphatic heterocycles. The molecule has 1 amide bonds. The second kappa shape index (κ2) is 9.22. The zero-order valence-electron chi connectivity index (χ0n) is 14.7. The van der Waals surface area contributed by atoms with Gasteiger partial charge >= 0.3 is 12.1 Å². The maximum atomic E-state index is 12.0. The van der Waals surface area contributed by atoms with E-state index >= 15 is 0 Å². The van der Waals surface area contributed by atoms with Gasteiger partial charge in [-0.3, -0.25) is 0 Å². The van der Waals surface area contributed by atoms with Gasteiger partial charge in [-0.15, -0.1) is 0 Å². The quantitative estimate of drug-likeness (QED) is 0.606. The van der Waals surface area contributed by atoms with E-state index in [1.54, 1.807) is 0 Å². The molecule has 1 unspecified atom stereocenters. The van der Waals surface area contributed by atoms with Crippen LogP contribution >= 0.6 is 0 Å². The largest absolute Gasteiger partial charge is 0.467 e. The number of methoxy groups -OCH3 is 1. The van der Waals surface area contributed by atoms with Gasteiger partial charge in [0.05, 0.1) is 19.3 Å². The number of ether oxygens (including phenoxy) is 3. The average molecular weight is 347 g/mol. The summed E-state index contributed by atoms with van der Waals surface area (Å²) in [5, 5.41) is 2.52. The molecule has 6 heteroatoms. The lowest BCUT2D eigenvalue weighted by Gasteiger charge is -2.32. The van der Waals surface area contributed by atoms with Gasteiger partial charge in [0.2, 0.25) is 0 Å². The van der Waals surface area contributed by atoms with E-state index in [0.29, 0.717) is 0 Å². The summed E-state index contributed by atoms with van der Waals surface area (Å²) in [7, 11) is 1.28. The molecule has 136 valence electrons. The predicted octanol–water partition coefficient (Wildman–Crippen LogP) is 2.97. The molecule has 0 saturated carbocycles. The number of allylic oxidation sites excluding steroid dienone is 1. The number of esters is 1. The first-order chi connectivity index (χ1) is 12.0. The summed E-state index contributed by atoms with van der Waals surface area (Å²) in [6.45, 7) is 2.17. The fraction of sp³-hybridized carbons (Fsp3) is 0.474. The Morgan fingerprint density at radius 3 is 2.64 bits per heavy atom. The number of carbonyl (C=O) groups is 2. The number of rotatable bonds is 7. The van der Waals surface area contributed by atoms with E-state index < -0.39 is 18.1 Å². The van der Waals surface area contributed by atoms with Crippen LogP contribution in [0.4, 0.5) is 4.79 Å². The number of alkyl carbamates (subject to hydrolysis) is 1. The Labute approximate surface area is 148 Å². The van der Waals surface area contributed by atoms with Crippen molar-refractivity contribution in [3.05, 3.63) is 48.0 Å². The molecule has 1 aromatic carbocycles. The zero-order valence-corrected chi connectivity index (χ0v) is 14.7. The molecule has 1 aliphatic rings. The maximum absolute atomic E-state index is 12.0. The Kier molecular flexibility index (Phi) is 7.01. The molecule has 0 fully saturated rings. The normalized spacial score (nSPS) is 20.6. The molecule has 1 aromatic rings. The standard InChI is InChI=1S/C19H25NO5/c1-19(11-7-4-8-12-19)25-14-16(17(21)23-2)20-18(22)24-13-15-9-5-3-6-10-15/h3-7,9-10,16H,8,11-14H2,1-2H3,(H,20,22)/t16-,19?/m0/s1. The minimum atomic E-state index is -0.906. The molecular weight excluding hydrogens is 322 g/mol. The highest BCUT2D eigenvalue weighted by Gasteiger charge is 2.30. The van der Waals surface area contributed by atoms with Gasteiger partial charge < -0.3 is 19.5 Å². The van der Waals surface area contributed by atoms with Crippen LogP contribution in [0, 0.1) is 0 Å². The van der Waals surface area contributed by atoms with Crippen molar-refractivity contribution in [3.8, 4) is 0 Å². The van der Waals surface area contributed by atoms with Crippen molar-refractivity contribution >= 4 is 12.1 Å². The van der Waals surface area contributed by atoms with Crippen molar-refractivity contribution in [2.75, 3.05) is 13.7 Å². The fourth-order valence-electron chi connectivity index (χ4n) is 2.57. The summed E-state index contributed by atoms with van der Waals surface area (Å²) in [6.07, 6.45) is 6.08. The first kappa shape index (κ1) is 19.0. The van der Waals surface area contributed by atoms with Gasteiger partial charge in [0.15, 0.2) is 6.04 Å². The van der Waals surface area contributed by atoms with Gasteiger partial charge in [0, 0.05) is 0 Å². The Morgan fingerprint density at radius 2 is 2.00 bits per heavy atom. The third-order valence-corrected chi connectivity index (χ3v) is 4.15. The molecule has 25 heavy (non-hydrogen) atoms. The highest BCUT2D eigenvalue weighted by Crippen LogP contribution is 2.27. The fourth-order valence-corrected chi connectivity index (χ4v) is 2.57. The summed E-state index contributed by atoms with van der Waals surface area (Å²) in [5.74, 6) is -0.563. The summed E-state index contributed by atoms with van der Waals surface area (Å²) in [4.78, 5) is 23.9. The minimum Gasteiger partial charge on any atom is -0.467 e. The highest BCUT2D eigenvalue weighted by atomic mass is 16.6. The number of carbonyl (C=O) groups excluding carboxylic acids is 2. The third kappa shape index (κ3) is 6.23. The van der Waals surface area contributed by atoms with Gasteiger partial charge in [-0.05, 0) is 31.7 Å². The van der Waals surface area contributed by atoms with E-state index in [-0.39, 0.29) is 18.8 Å². The van der Waals surface area contributed by atoms with Crippen LogP contribution in [0.5, 0.6) is 0 Å². The minimum absolute atomic E-state index is 0.0391. The van der Waals surface area contributed by atoms with Crippen LogP contribution in [0.15, 0.2) is 42.5 Å². The Hall–Kier alpha value is -2.34. The Bertz CT molecular complexity index is 601. The van der Waals surface area contributed by atoms with Crippen LogP contribution in [0.3, 0.4) is 0 Å². The molecule has 0 aromatic heterocycles. The van der Waals surface area contributed by atoms with Gasteiger partial charge in [0.1, 0.15) is 6.61 Å². The first-order valence-electron chi connectivity index (χ1n) is 8.36. The third-order valence-electron chi connectivity index (χ3n) is 4.15.